The van der Waals surface area contributed by atoms with E-state index in [1.165, 1.54) is 5.69 Å². The molecule has 0 saturated carbocycles. The number of hydrogen-bond donors (Lipinski definition) is 0. The lowest BCUT2D eigenvalue weighted by atomic mass is 10.1. The molecule has 0 aliphatic heterocycles. The number of hydrogen-bond acceptors (Lipinski definition) is 3. The molecule has 0 aromatic heterocycles. The van der Waals surface area contributed by atoms with Crippen molar-refractivity contribution < 1.29 is 9.59 Å². The minimum atomic E-state index is -0.178. The summed E-state index contributed by atoms with van der Waals surface area (Å²) in [6, 6.07) is 15.1. The highest BCUT2D eigenvalue weighted by Gasteiger charge is 2.32. The van der Waals surface area contributed by atoms with Crippen LogP contribution < -0.4 is 4.90 Å². The predicted molar refractivity (Wildman–Crippen MR) is 102 cm³/mol. The minimum Gasteiger partial charge on any atom is -0.372 e. The number of rotatable bonds is 6. The van der Waals surface area contributed by atoms with Crippen LogP contribution in [0.15, 0.2) is 54.1 Å². The summed E-state index contributed by atoms with van der Waals surface area (Å²) in [5.74, 6) is -0.355. The van der Waals surface area contributed by atoms with Gasteiger partial charge >= 0.3 is 0 Å². The van der Waals surface area contributed by atoms with E-state index in [4.69, 9.17) is 0 Å². The Morgan fingerprint density at radius 1 is 0.800 bits per heavy atom. The summed E-state index contributed by atoms with van der Waals surface area (Å²) < 4.78 is 0. The highest BCUT2D eigenvalue weighted by Crippen LogP contribution is 2.28. The van der Waals surface area contributed by atoms with E-state index in [0.29, 0.717) is 11.1 Å². The fourth-order valence-electron chi connectivity index (χ4n) is 3.26. The molecule has 3 rings (SSSR count). The van der Waals surface area contributed by atoms with E-state index in [9.17, 15) is 9.59 Å². The van der Waals surface area contributed by atoms with E-state index in [2.05, 4.69) is 30.9 Å². The van der Waals surface area contributed by atoms with Gasteiger partial charge in [-0.2, -0.15) is 0 Å². The van der Waals surface area contributed by atoms with Gasteiger partial charge in [0.1, 0.15) is 0 Å². The summed E-state index contributed by atoms with van der Waals surface area (Å²) in [4.78, 5) is 27.3. The topological polar surface area (TPSA) is 37.4 Å². The minimum absolute atomic E-state index is 0.178. The molecule has 0 fully saturated rings. The van der Waals surface area contributed by atoms with Gasteiger partial charge in [0.2, 0.25) is 0 Å². The van der Waals surface area contributed by atoms with Crippen molar-refractivity contribution in [2.24, 2.45) is 0 Å². The van der Waals surface area contributed by atoms with E-state index in [-0.39, 0.29) is 17.1 Å². The Labute approximate surface area is 149 Å². The van der Waals surface area contributed by atoms with Crippen molar-refractivity contribution in [1.29, 1.82) is 0 Å². The van der Waals surface area contributed by atoms with E-state index in [0.717, 1.165) is 31.5 Å². The van der Waals surface area contributed by atoms with Gasteiger partial charge in [-0.25, -0.2) is 0 Å². The molecule has 0 spiro atoms. The molecule has 0 N–H and O–H groups in total. The maximum absolute atomic E-state index is 12.5. The van der Waals surface area contributed by atoms with Gasteiger partial charge in [0.15, 0.2) is 11.6 Å². The number of ketones is 2. The monoisotopic (exact) mass is 333 g/mol. The summed E-state index contributed by atoms with van der Waals surface area (Å²) in [6.45, 7) is 6.41. The molecular formula is C22H23NO2. The van der Waals surface area contributed by atoms with E-state index >= 15 is 0 Å². The SMILES string of the molecule is CCCN(CCC)c1ccc(C=C2C(=O)c3ccccc3C2=O)cc1. The van der Waals surface area contributed by atoms with Crippen LogP contribution in [0.3, 0.4) is 0 Å². The van der Waals surface area contributed by atoms with Crippen LogP contribution in [0.25, 0.3) is 6.08 Å². The Kier molecular flexibility index (Phi) is 5.13. The van der Waals surface area contributed by atoms with Crippen molar-refractivity contribution >= 4 is 23.3 Å². The second kappa shape index (κ2) is 7.47. The van der Waals surface area contributed by atoms with Gasteiger partial charge in [-0.15, -0.1) is 0 Å². The maximum Gasteiger partial charge on any atom is 0.197 e. The lowest BCUT2D eigenvalue weighted by molar-refractivity contribution is 0.0990. The fraction of sp³-hybridized carbons (Fsp3) is 0.273. The Morgan fingerprint density at radius 2 is 1.32 bits per heavy atom. The quantitative estimate of drug-likeness (QED) is 0.564. The first-order chi connectivity index (χ1) is 12.2. The van der Waals surface area contributed by atoms with Crippen molar-refractivity contribution in [1.82, 2.24) is 0 Å². The molecule has 128 valence electrons. The Balaban J connectivity index is 1.85. The molecule has 1 aliphatic carbocycles. The number of benzene rings is 2. The molecule has 0 bridgehead atoms. The first-order valence-electron chi connectivity index (χ1n) is 8.90. The van der Waals surface area contributed by atoms with Gasteiger partial charge in [0.25, 0.3) is 0 Å². The molecule has 2 aromatic carbocycles. The predicted octanol–water partition coefficient (Wildman–Crippen LogP) is 4.78. The lowest BCUT2D eigenvalue weighted by Gasteiger charge is -2.23. The number of carbonyl (C=O) groups excluding carboxylic acids is 2. The Hall–Kier alpha value is -2.68. The van der Waals surface area contributed by atoms with Crippen molar-refractivity contribution in [3.63, 3.8) is 0 Å². The fourth-order valence-corrected chi connectivity index (χ4v) is 3.26. The van der Waals surface area contributed by atoms with Crippen molar-refractivity contribution in [2.75, 3.05) is 18.0 Å². The highest BCUT2D eigenvalue weighted by atomic mass is 16.2. The van der Waals surface area contributed by atoms with Gasteiger partial charge in [-0.05, 0) is 36.6 Å². The molecule has 25 heavy (non-hydrogen) atoms. The Bertz CT molecular complexity index is 775. The summed E-state index contributed by atoms with van der Waals surface area (Å²) in [5.41, 5.74) is 3.33. The van der Waals surface area contributed by atoms with Crippen LogP contribution in [0.1, 0.15) is 53.0 Å². The molecule has 0 atom stereocenters. The van der Waals surface area contributed by atoms with Crippen LogP contribution in [0.5, 0.6) is 0 Å². The molecule has 0 amide bonds. The van der Waals surface area contributed by atoms with Crippen molar-refractivity contribution in [2.45, 2.75) is 26.7 Å². The molecule has 0 heterocycles. The van der Waals surface area contributed by atoms with E-state index < -0.39 is 0 Å². The smallest absolute Gasteiger partial charge is 0.197 e. The van der Waals surface area contributed by atoms with Gasteiger partial charge < -0.3 is 4.90 Å². The van der Waals surface area contributed by atoms with Crippen LogP contribution in [-0.2, 0) is 0 Å². The lowest BCUT2D eigenvalue weighted by Crippen LogP contribution is -2.24. The van der Waals surface area contributed by atoms with Gasteiger partial charge in [-0.1, -0.05) is 50.2 Å². The normalized spacial score (nSPS) is 13.1. The first kappa shape index (κ1) is 17.2. The summed E-state index contributed by atoms with van der Waals surface area (Å²) in [6.07, 6.45) is 3.92. The zero-order valence-electron chi connectivity index (χ0n) is 14.8. The number of nitrogens with zero attached hydrogens (tertiary/aromatic N) is 1. The standard InChI is InChI=1S/C22H23NO2/c1-3-13-23(14-4-2)17-11-9-16(10-12-17)15-20-21(24)18-7-5-6-8-19(18)22(20)25/h5-12,15H,3-4,13-14H2,1-2H3. The molecule has 3 heteroatoms. The van der Waals surface area contributed by atoms with Crippen LogP contribution in [-0.4, -0.2) is 24.7 Å². The van der Waals surface area contributed by atoms with Gasteiger partial charge in [-0.3, -0.25) is 9.59 Å². The number of allylic oxidation sites excluding steroid dienone is 1. The maximum atomic E-state index is 12.5. The summed E-state index contributed by atoms with van der Waals surface area (Å²) in [7, 11) is 0. The van der Waals surface area contributed by atoms with Crippen LogP contribution in [0.4, 0.5) is 5.69 Å². The number of Topliss-reactive ketones (excluding diaryl/α,β-unsaturated/α-hetero) is 2. The Morgan fingerprint density at radius 3 is 1.80 bits per heavy atom. The molecular weight excluding hydrogens is 310 g/mol. The summed E-state index contributed by atoms with van der Waals surface area (Å²) in [5, 5.41) is 0. The molecule has 0 unspecified atom stereocenters. The van der Waals surface area contributed by atoms with Gasteiger partial charge in [0, 0.05) is 29.9 Å². The van der Waals surface area contributed by atoms with E-state index in [1.807, 2.05) is 12.1 Å². The average molecular weight is 333 g/mol. The highest BCUT2D eigenvalue weighted by molar-refractivity contribution is 6.41. The van der Waals surface area contributed by atoms with Crippen LogP contribution in [0.2, 0.25) is 0 Å². The zero-order chi connectivity index (χ0) is 17.8. The largest absolute Gasteiger partial charge is 0.372 e. The van der Waals surface area contributed by atoms with Gasteiger partial charge in [0.05, 0.1) is 5.57 Å². The molecule has 3 nitrogen and oxygen atoms in total. The van der Waals surface area contributed by atoms with Crippen molar-refractivity contribution in [3.05, 3.63) is 70.8 Å². The molecule has 2 aromatic rings. The average Bonchev–Trinajstić information content (AvgIpc) is 2.88. The van der Waals surface area contributed by atoms with Crippen LogP contribution >= 0.6 is 0 Å². The molecule has 0 saturated heterocycles. The summed E-state index contributed by atoms with van der Waals surface area (Å²) >= 11 is 0. The van der Waals surface area contributed by atoms with Crippen molar-refractivity contribution in [3.8, 4) is 0 Å². The number of carbonyl (C=O) groups is 2. The molecule has 1 aliphatic rings. The molecule has 0 radical (unpaired) electrons. The second-order valence-electron chi connectivity index (χ2n) is 6.34. The third kappa shape index (κ3) is 3.41. The first-order valence-corrected chi connectivity index (χ1v) is 8.90. The number of fused-ring (bicyclic) bond motifs is 1. The zero-order valence-corrected chi connectivity index (χ0v) is 14.8. The second-order valence-corrected chi connectivity index (χ2v) is 6.34. The van der Waals surface area contributed by atoms with Crippen LogP contribution in [0, 0.1) is 0 Å². The van der Waals surface area contributed by atoms with E-state index in [1.54, 1.807) is 30.3 Å². The third-order valence-corrected chi connectivity index (χ3v) is 4.46. The third-order valence-electron chi connectivity index (χ3n) is 4.46. The number of anilines is 1.